The molecule has 1 aliphatic carbocycles. The van der Waals surface area contributed by atoms with Crippen molar-refractivity contribution in [3.05, 3.63) is 0 Å². The maximum Gasteiger partial charge on any atom is 0.161 e. The van der Waals surface area contributed by atoms with E-state index >= 15 is 0 Å². The minimum Gasteiger partial charge on any atom is -0.385 e. The van der Waals surface area contributed by atoms with Crippen LogP contribution in [-0.2, 0) is 4.79 Å². The maximum absolute atomic E-state index is 12.0. The highest BCUT2D eigenvalue weighted by Crippen LogP contribution is 2.16. The quantitative estimate of drug-likeness (QED) is 0.481. The molecule has 0 aromatic heterocycles. The van der Waals surface area contributed by atoms with Gasteiger partial charge in [0.25, 0.3) is 0 Å². The fourth-order valence-electron chi connectivity index (χ4n) is 4.15. The smallest absolute Gasteiger partial charge is 0.161 e. The molecule has 2 nitrogen and oxygen atoms in total. The zero-order valence-corrected chi connectivity index (χ0v) is 17.5. The van der Waals surface area contributed by atoms with E-state index in [9.17, 15) is 9.90 Å². The number of carbonyl (C=O) groups is 1. The first-order valence-corrected chi connectivity index (χ1v) is 12.0. The summed E-state index contributed by atoms with van der Waals surface area (Å²) in [6, 6.07) is 0. The molecule has 0 bridgehead atoms. The summed E-state index contributed by atoms with van der Waals surface area (Å²) in [7, 11) is 0. The Morgan fingerprint density at radius 2 is 0.731 bits per heavy atom. The second kappa shape index (κ2) is 18.0. The second-order valence-electron chi connectivity index (χ2n) is 8.59. The number of Topliss-reactive ketones (excluding diaryl/α,β-unsaturated/α-hetero) is 1. The molecule has 1 rings (SSSR count). The van der Waals surface area contributed by atoms with E-state index in [0.29, 0.717) is 12.8 Å². The first-order valence-electron chi connectivity index (χ1n) is 12.0. The zero-order chi connectivity index (χ0) is 18.7. The molecule has 154 valence electrons. The number of rotatable bonds is 0. The van der Waals surface area contributed by atoms with Crippen LogP contribution in [0.3, 0.4) is 0 Å². The number of ketones is 1. The molecule has 1 unspecified atom stereocenters. The SMILES string of the molecule is O=C1CCCCCCCCCCCCCCCCCCCCCCC1O. The minimum absolute atomic E-state index is 0.0828. The Morgan fingerprint density at radius 1 is 0.462 bits per heavy atom. The van der Waals surface area contributed by atoms with Gasteiger partial charge in [0.2, 0.25) is 0 Å². The molecule has 0 heterocycles. The standard InChI is InChI=1S/C24H46O2/c25-23-21-19-17-15-13-11-9-7-5-3-1-2-4-6-8-10-12-14-16-18-20-22-24(23)26/h23,25H,1-22H2. The van der Waals surface area contributed by atoms with Crippen molar-refractivity contribution in [1.82, 2.24) is 0 Å². The van der Waals surface area contributed by atoms with Crippen LogP contribution in [0.25, 0.3) is 0 Å². The van der Waals surface area contributed by atoms with Gasteiger partial charge in [-0.2, -0.15) is 0 Å². The van der Waals surface area contributed by atoms with Gasteiger partial charge in [0.1, 0.15) is 6.10 Å². The van der Waals surface area contributed by atoms with Crippen LogP contribution < -0.4 is 0 Å². The van der Waals surface area contributed by atoms with Gasteiger partial charge in [-0.15, -0.1) is 0 Å². The fourth-order valence-corrected chi connectivity index (χ4v) is 4.15. The van der Waals surface area contributed by atoms with E-state index in [2.05, 4.69) is 0 Å². The molecule has 1 aliphatic rings. The van der Waals surface area contributed by atoms with Crippen molar-refractivity contribution in [2.24, 2.45) is 0 Å². The topological polar surface area (TPSA) is 37.3 Å². The van der Waals surface area contributed by atoms with Gasteiger partial charge in [-0.3, -0.25) is 4.79 Å². The van der Waals surface area contributed by atoms with Crippen LogP contribution in [0.1, 0.15) is 141 Å². The number of aliphatic hydroxyl groups is 1. The van der Waals surface area contributed by atoms with Crippen molar-refractivity contribution in [3.63, 3.8) is 0 Å². The Labute approximate surface area is 163 Å². The maximum atomic E-state index is 12.0. The summed E-state index contributed by atoms with van der Waals surface area (Å²) in [6.45, 7) is 0. The molecule has 1 atom stereocenters. The molecule has 2 heteroatoms. The first kappa shape index (κ1) is 23.7. The molecule has 0 aromatic rings. The van der Waals surface area contributed by atoms with Gasteiger partial charge in [-0.05, 0) is 12.8 Å². The monoisotopic (exact) mass is 366 g/mol. The molecule has 0 aromatic carbocycles. The minimum atomic E-state index is -0.694. The number of hydrogen-bond donors (Lipinski definition) is 1. The number of carbonyl (C=O) groups excluding carboxylic acids is 1. The van der Waals surface area contributed by atoms with Crippen LogP contribution in [0.4, 0.5) is 0 Å². The summed E-state index contributed by atoms with van der Waals surface area (Å²) in [5, 5.41) is 10.00. The second-order valence-corrected chi connectivity index (χ2v) is 8.59. The molecule has 0 spiro atoms. The highest BCUT2D eigenvalue weighted by Gasteiger charge is 2.13. The lowest BCUT2D eigenvalue weighted by Gasteiger charge is -2.10. The van der Waals surface area contributed by atoms with E-state index in [-0.39, 0.29) is 5.78 Å². The van der Waals surface area contributed by atoms with Crippen molar-refractivity contribution < 1.29 is 9.90 Å². The van der Waals surface area contributed by atoms with Gasteiger partial charge in [0, 0.05) is 6.42 Å². The molecule has 0 aliphatic heterocycles. The molecule has 1 saturated carbocycles. The first-order chi connectivity index (χ1) is 12.8. The van der Waals surface area contributed by atoms with E-state index < -0.39 is 6.10 Å². The van der Waals surface area contributed by atoms with Crippen LogP contribution in [-0.4, -0.2) is 17.0 Å². The third kappa shape index (κ3) is 14.8. The van der Waals surface area contributed by atoms with Gasteiger partial charge < -0.3 is 5.11 Å². The van der Waals surface area contributed by atoms with Gasteiger partial charge in [-0.25, -0.2) is 0 Å². The number of aliphatic hydroxyl groups excluding tert-OH is 1. The summed E-state index contributed by atoms with van der Waals surface area (Å²) in [6.07, 6.45) is 26.9. The molecule has 0 radical (unpaired) electrons. The third-order valence-electron chi connectivity index (χ3n) is 6.02. The molecule has 0 amide bonds. The highest BCUT2D eigenvalue weighted by atomic mass is 16.3. The Bertz CT molecular complexity index is 313. The van der Waals surface area contributed by atoms with Crippen LogP contribution in [0.2, 0.25) is 0 Å². The van der Waals surface area contributed by atoms with E-state index in [1.807, 2.05) is 0 Å². The molecular formula is C24H46O2. The van der Waals surface area contributed by atoms with Crippen molar-refractivity contribution >= 4 is 5.78 Å². The lowest BCUT2D eigenvalue weighted by atomic mass is 10.00. The van der Waals surface area contributed by atoms with Gasteiger partial charge in [0.15, 0.2) is 5.78 Å². The molecule has 1 N–H and O–H groups in total. The predicted octanol–water partition coefficient (Wildman–Crippen LogP) is 7.51. The summed E-state index contributed by atoms with van der Waals surface area (Å²) < 4.78 is 0. The molecule has 26 heavy (non-hydrogen) atoms. The van der Waals surface area contributed by atoms with Crippen molar-refractivity contribution in [2.45, 2.75) is 147 Å². The summed E-state index contributed by atoms with van der Waals surface area (Å²) in [5.74, 6) is 0.0828. The van der Waals surface area contributed by atoms with E-state index in [1.54, 1.807) is 0 Å². The lowest BCUT2D eigenvalue weighted by molar-refractivity contribution is -0.127. The van der Waals surface area contributed by atoms with Crippen LogP contribution >= 0.6 is 0 Å². The average molecular weight is 367 g/mol. The van der Waals surface area contributed by atoms with E-state index in [1.165, 1.54) is 109 Å². The van der Waals surface area contributed by atoms with Gasteiger partial charge in [0.05, 0.1) is 0 Å². The molecule has 0 saturated heterocycles. The Balaban J connectivity index is 2.15. The van der Waals surface area contributed by atoms with Crippen LogP contribution in [0, 0.1) is 0 Å². The summed E-state index contributed by atoms with van der Waals surface area (Å²) in [4.78, 5) is 12.0. The summed E-state index contributed by atoms with van der Waals surface area (Å²) in [5.41, 5.74) is 0. The Hall–Kier alpha value is -0.370. The van der Waals surface area contributed by atoms with Crippen LogP contribution in [0.15, 0.2) is 0 Å². The van der Waals surface area contributed by atoms with Crippen LogP contribution in [0.5, 0.6) is 0 Å². The largest absolute Gasteiger partial charge is 0.385 e. The number of hydrogen-bond acceptors (Lipinski definition) is 2. The summed E-state index contributed by atoms with van der Waals surface area (Å²) >= 11 is 0. The van der Waals surface area contributed by atoms with E-state index in [4.69, 9.17) is 0 Å². The van der Waals surface area contributed by atoms with E-state index in [0.717, 1.165) is 19.3 Å². The Morgan fingerprint density at radius 3 is 1.08 bits per heavy atom. The Kier molecular flexibility index (Phi) is 16.4. The molecular weight excluding hydrogens is 320 g/mol. The van der Waals surface area contributed by atoms with Crippen molar-refractivity contribution in [1.29, 1.82) is 0 Å². The predicted molar refractivity (Wildman–Crippen MR) is 113 cm³/mol. The highest BCUT2D eigenvalue weighted by molar-refractivity contribution is 5.82. The lowest BCUT2D eigenvalue weighted by Crippen LogP contribution is -2.19. The third-order valence-corrected chi connectivity index (χ3v) is 6.02. The average Bonchev–Trinajstić information content (AvgIpc) is 2.64. The zero-order valence-electron chi connectivity index (χ0n) is 17.5. The normalized spacial score (nSPS) is 26.0. The van der Waals surface area contributed by atoms with Gasteiger partial charge in [-0.1, -0.05) is 122 Å². The van der Waals surface area contributed by atoms with Gasteiger partial charge >= 0.3 is 0 Å². The fraction of sp³-hybridized carbons (Fsp3) is 0.958. The van der Waals surface area contributed by atoms with Crippen molar-refractivity contribution in [2.75, 3.05) is 0 Å². The molecule has 1 fully saturated rings. The van der Waals surface area contributed by atoms with Crippen molar-refractivity contribution in [3.8, 4) is 0 Å².